The number of rotatable bonds is 5. The Morgan fingerprint density at radius 3 is 2.50 bits per heavy atom. The van der Waals surface area contributed by atoms with E-state index in [1.807, 2.05) is 61.5 Å². The average molecular weight is 348 g/mol. The van der Waals surface area contributed by atoms with Crippen LogP contribution in [0.5, 0.6) is 0 Å². The van der Waals surface area contributed by atoms with Gasteiger partial charge in [0.1, 0.15) is 0 Å². The van der Waals surface area contributed by atoms with E-state index >= 15 is 0 Å². The van der Waals surface area contributed by atoms with E-state index in [2.05, 4.69) is 10.3 Å². The smallest absolute Gasteiger partial charge is 0.339 e. The number of hydrogen-bond acceptors (Lipinski definition) is 4. The molecule has 1 atom stereocenters. The molecule has 1 heterocycles. The zero-order valence-electron chi connectivity index (χ0n) is 14.7. The molecule has 3 aromatic rings. The highest BCUT2D eigenvalue weighted by Gasteiger charge is 2.21. The van der Waals surface area contributed by atoms with Crippen molar-refractivity contribution >= 4 is 22.8 Å². The van der Waals surface area contributed by atoms with Crippen LogP contribution in [0.25, 0.3) is 22.2 Å². The quantitative estimate of drug-likeness (QED) is 0.716. The second kappa shape index (κ2) is 7.78. The molecule has 0 radical (unpaired) electrons. The van der Waals surface area contributed by atoms with Crippen molar-refractivity contribution in [2.75, 3.05) is 6.54 Å². The van der Waals surface area contributed by atoms with E-state index in [0.29, 0.717) is 28.7 Å². The van der Waals surface area contributed by atoms with E-state index < -0.39 is 12.1 Å². The van der Waals surface area contributed by atoms with Gasteiger partial charge in [-0.2, -0.15) is 0 Å². The molecule has 0 unspecified atom stereocenters. The maximum absolute atomic E-state index is 12.7. The Bertz CT molecular complexity index is 938. The lowest BCUT2D eigenvalue weighted by molar-refractivity contribution is -0.128. The SMILES string of the molecule is CCNC(=O)[C@H](C)OC(=O)c1cc(-c2ccccc2)nc2ccccc12. The minimum Gasteiger partial charge on any atom is -0.449 e. The highest BCUT2D eigenvalue weighted by atomic mass is 16.5. The molecule has 0 fully saturated rings. The number of nitrogens with zero attached hydrogens (tertiary/aromatic N) is 1. The number of hydrogen-bond donors (Lipinski definition) is 1. The fraction of sp³-hybridized carbons (Fsp3) is 0.190. The number of esters is 1. The molecule has 0 spiro atoms. The summed E-state index contributed by atoms with van der Waals surface area (Å²) in [5, 5.41) is 3.34. The fourth-order valence-electron chi connectivity index (χ4n) is 2.70. The summed E-state index contributed by atoms with van der Waals surface area (Å²) in [6.07, 6.45) is -0.866. The van der Waals surface area contributed by atoms with E-state index in [1.165, 1.54) is 0 Å². The summed E-state index contributed by atoms with van der Waals surface area (Å²) in [4.78, 5) is 29.2. The van der Waals surface area contributed by atoms with Gasteiger partial charge in [-0.1, -0.05) is 48.5 Å². The molecule has 0 aliphatic carbocycles. The Hall–Kier alpha value is -3.21. The summed E-state index contributed by atoms with van der Waals surface area (Å²) in [7, 11) is 0. The van der Waals surface area contributed by atoms with Gasteiger partial charge in [-0.15, -0.1) is 0 Å². The van der Waals surface area contributed by atoms with Gasteiger partial charge >= 0.3 is 5.97 Å². The standard InChI is InChI=1S/C21H20N2O3/c1-3-22-20(24)14(2)26-21(25)17-13-19(15-9-5-4-6-10-15)23-18-12-8-7-11-16(17)18/h4-14H,3H2,1-2H3,(H,22,24)/t14-/m0/s1. The maximum atomic E-state index is 12.7. The van der Waals surface area contributed by atoms with Gasteiger partial charge in [0.15, 0.2) is 6.10 Å². The normalized spacial score (nSPS) is 11.8. The van der Waals surface area contributed by atoms with Crippen molar-refractivity contribution in [1.29, 1.82) is 0 Å². The largest absolute Gasteiger partial charge is 0.449 e. The van der Waals surface area contributed by atoms with Crippen LogP contribution >= 0.6 is 0 Å². The molecule has 1 N–H and O–H groups in total. The first kappa shape index (κ1) is 17.6. The summed E-state index contributed by atoms with van der Waals surface area (Å²) in [6, 6.07) is 18.7. The third-order valence-electron chi connectivity index (χ3n) is 4.01. The van der Waals surface area contributed by atoms with Gasteiger partial charge in [-0.3, -0.25) is 4.79 Å². The molecule has 0 saturated heterocycles. The highest BCUT2D eigenvalue weighted by molar-refractivity contribution is 6.05. The summed E-state index contributed by atoms with van der Waals surface area (Å²) < 4.78 is 5.37. The van der Waals surface area contributed by atoms with Crippen molar-refractivity contribution in [1.82, 2.24) is 10.3 Å². The zero-order valence-corrected chi connectivity index (χ0v) is 14.7. The number of benzene rings is 2. The van der Waals surface area contributed by atoms with Crippen LogP contribution in [0.1, 0.15) is 24.2 Å². The Morgan fingerprint density at radius 2 is 1.77 bits per heavy atom. The van der Waals surface area contributed by atoms with Gasteiger partial charge in [0.25, 0.3) is 5.91 Å². The van der Waals surface area contributed by atoms with Crippen molar-refractivity contribution in [3.05, 3.63) is 66.2 Å². The Morgan fingerprint density at radius 1 is 1.08 bits per heavy atom. The topological polar surface area (TPSA) is 68.3 Å². The maximum Gasteiger partial charge on any atom is 0.339 e. The van der Waals surface area contributed by atoms with Crippen molar-refractivity contribution < 1.29 is 14.3 Å². The van der Waals surface area contributed by atoms with Gasteiger partial charge in [-0.05, 0) is 26.0 Å². The first-order chi connectivity index (χ1) is 12.6. The number of carbonyl (C=O) groups is 2. The molecule has 3 rings (SSSR count). The highest BCUT2D eigenvalue weighted by Crippen LogP contribution is 2.25. The molecule has 0 saturated carbocycles. The third-order valence-corrected chi connectivity index (χ3v) is 4.01. The van der Waals surface area contributed by atoms with Gasteiger partial charge in [0.2, 0.25) is 0 Å². The molecule has 0 aliphatic rings. The lowest BCUT2D eigenvalue weighted by Crippen LogP contribution is -2.35. The van der Waals surface area contributed by atoms with Gasteiger partial charge in [0, 0.05) is 17.5 Å². The predicted molar refractivity (Wildman–Crippen MR) is 101 cm³/mol. The Balaban J connectivity index is 2.01. The number of ether oxygens (including phenoxy) is 1. The van der Waals surface area contributed by atoms with E-state index in [9.17, 15) is 9.59 Å². The van der Waals surface area contributed by atoms with Crippen molar-refractivity contribution in [3.63, 3.8) is 0 Å². The van der Waals surface area contributed by atoms with Gasteiger partial charge in [0.05, 0.1) is 16.8 Å². The molecule has 5 heteroatoms. The summed E-state index contributed by atoms with van der Waals surface area (Å²) in [5.74, 6) is -0.859. The first-order valence-corrected chi connectivity index (χ1v) is 8.54. The van der Waals surface area contributed by atoms with Crippen LogP contribution in [0, 0.1) is 0 Å². The molecule has 1 aromatic heterocycles. The van der Waals surface area contributed by atoms with Gasteiger partial charge < -0.3 is 10.1 Å². The lowest BCUT2D eigenvalue weighted by atomic mass is 10.0. The predicted octanol–water partition coefficient (Wildman–Crippen LogP) is 3.58. The number of carbonyl (C=O) groups excluding carboxylic acids is 2. The minimum atomic E-state index is -0.866. The number of aromatic nitrogens is 1. The van der Waals surface area contributed by atoms with Crippen molar-refractivity contribution in [3.8, 4) is 11.3 Å². The zero-order chi connectivity index (χ0) is 18.5. The van der Waals surface area contributed by atoms with E-state index in [1.54, 1.807) is 13.0 Å². The number of fused-ring (bicyclic) bond motifs is 1. The molecule has 26 heavy (non-hydrogen) atoms. The van der Waals surface area contributed by atoms with Gasteiger partial charge in [-0.25, -0.2) is 9.78 Å². The fourth-order valence-corrected chi connectivity index (χ4v) is 2.70. The number of amides is 1. The second-order valence-corrected chi connectivity index (χ2v) is 5.88. The molecule has 2 aromatic carbocycles. The molecule has 0 bridgehead atoms. The molecule has 132 valence electrons. The van der Waals surface area contributed by atoms with Crippen LogP contribution in [0.3, 0.4) is 0 Å². The number of likely N-dealkylation sites (N-methyl/N-ethyl adjacent to an activating group) is 1. The Kier molecular flexibility index (Phi) is 5.27. The number of nitrogens with one attached hydrogen (secondary N) is 1. The molecule has 5 nitrogen and oxygen atoms in total. The summed E-state index contributed by atoms with van der Waals surface area (Å²) >= 11 is 0. The molecular formula is C21H20N2O3. The van der Waals surface area contributed by atoms with E-state index in [4.69, 9.17) is 4.74 Å². The Labute approximate surface area is 152 Å². The van der Waals surface area contributed by atoms with E-state index in [-0.39, 0.29) is 5.91 Å². The molecule has 0 aliphatic heterocycles. The van der Waals surface area contributed by atoms with Crippen LogP contribution in [-0.4, -0.2) is 29.5 Å². The van der Waals surface area contributed by atoms with Crippen molar-refractivity contribution in [2.45, 2.75) is 20.0 Å². The summed E-state index contributed by atoms with van der Waals surface area (Å²) in [6.45, 7) is 3.86. The van der Waals surface area contributed by atoms with Crippen LogP contribution < -0.4 is 5.32 Å². The number of pyridine rings is 1. The van der Waals surface area contributed by atoms with Crippen LogP contribution in [0.15, 0.2) is 60.7 Å². The van der Waals surface area contributed by atoms with Crippen molar-refractivity contribution in [2.24, 2.45) is 0 Å². The lowest BCUT2D eigenvalue weighted by Gasteiger charge is -2.14. The van der Waals surface area contributed by atoms with Crippen LogP contribution in [0.2, 0.25) is 0 Å². The number of para-hydroxylation sites is 1. The molecular weight excluding hydrogens is 328 g/mol. The summed E-state index contributed by atoms with van der Waals surface area (Å²) in [5.41, 5.74) is 2.68. The van der Waals surface area contributed by atoms with Crippen LogP contribution in [0.4, 0.5) is 0 Å². The minimum absolute atomic E-state index is 0.317. The second-order valence-electron chi connectivity index (χ2n) is 5.88. The van der Waals surface area contributed by atoms with E-state index in [0.717, 1.165) is 5.56 Å². The third kappa shape index (κ3) is 3.72. The van der Waals surface area contributed by atoms with Crippen LogP contribution in [-0.2, 0) is 9.53 Å². The average Bonchev–Trinajstić information content (AvgIpc) is 2.67. The first-order valence-electron chi connectivity index (χ1n) is 8.54. The monoisotopic (exact) mass is 348 g/mol. The molecule has 1 amide bonds.